The highest BCUT2D eigenvalue weighted by Gasteiger charge is 2.26. The van der Waals surface area contributed by atoms with E-state index in [-0.39, 0.29) is 4.99 Å². The van der Waals surface area contributed by atoms with E-state index in [1.807, 2.05) is 0 Å². The van der Waals surface area contributed by atoms with Gasteiger partial charge >= 0.3 is 0 Å². The van der Waals surface area contributed by atoms with Crippen LogP contribution in [0.3, 0.4) is 0 Å². The second-order valence-corrected chi connectivity index (χ2v) is 5.95. The first-order valence-electron chi connectivity index (χ1n) is 4.68. The number of nitrogens with two attached hydrogens (primary N) is 1. The van der Waals surface area contributed by atoms with Crippen LogP contribution in [-0.2, 0) is 10.0 Å². The fraction of sp³-hybridized carbons (Fsp3) is 0.444. The fourth-order valence-corrected chi connectivity index (χ4v) is 2.60. The van der Waals surface area contributed by atoms with Gasteiger partial charge in [-0.05, 0) is 26.0 Å². The van der Waals surface area contributed by atoms with Gasteiger partial charge in [-0.1, -0.05) is 12.2 Å². The van der Waals surface area contributed by atoms with Crippen molar-refractivity contribution in [2.45, 2.75) is 25.1 Å². The summed E-state index contributed by atoms with van der Waals surface area (Å²) in [5.74, 6) is 0.540. The molecule has 0 saturated carbocycles. The number of hydrogen-bond donors (Lipinski definition) is 2. The van der Waals surface area contributed by atoms with Crippen LogP contribution >= 0.6 is 12.2 Å². The van der Waals surface area contributed by atoms with E-state index in [9.17, 15) is 8.42 Å². The summed E-state index contributed by atoms with van der Waals surface area (Å²) in [7, 11) is -3.56. The van der Waals surface area contributed by atoms with Crippen molar-refractivity contribution in [1.82, 2.24) is 4.72 Å². The molecule has 16 heavy (non-hydrogen) atoms. The first-order valence-corrected chi connectivity index (χ1v) is 6.64. The molecule has 0 radical (unpaired) electrons. The second kappa shape index (κ2) is 4.94. The predicted octanol–water partition coefficient (Wildman–Crippen LogP) is 0.935. The quantitative estimate of drug-likeness (QED) is 0.771. The molecule has 90 valence electrons. The Morgan fingerprint density at radius 3 is 2.62 bits per heavy atom. The van der Waals surface area contributed by atoms with Gasteiger partial charge in [0.15, 0.2) is 0 Å². The highest BCUT2D eigenvalue weighted by atomic mass is 32.2. The Bertz CT molecular complexity index is 453. The van der Waals surface area contributed by atoms with E-state index < -0.39 is 21.3 Å². The van der Waals surface area contributed by atoms with Crippen LogP contribution in [0.4, 0.5) is 0 Å². The molecule has 0 amide bonds. The third kappa shape index (κ3) is 3.03. The van der Waals surface area contributed by atoms with Crippen LogP contribution in [0.25, 0.3) is 0 Å². The van der Waals surface area contributed by atoms with Gasteiger partial charge in [0.2, 0.25) is 10.0 Å². The molecule has 0 fully saturated rings. The van der Waals surface area contributed by atoms with E-state index in [4.69, 9.17) is 10.2 Å². The zero-order valence-electron chi connectivity index (χ0n) is 9.01. The summed E-state index contributed by atoms with van der Waals surface area (Å²) in [6.45, 7) is 3.13. The Morgan fingerprint density at radius 1 is 1.56 bits per heavy atom. The van der Waals surface area contributed by atoms with Gasteiger partial charge in [-0.3, -0.25) is 0 Å². The van der Waals surface area contributed by atoms with Gasteiger partial charge in [0.05, 0.1) is 17.3 Å². The molecule has 3 N–H and O–H groups in total. The fourth-order valence-electron chi connectivity index (χ4n) is 1.10. The third-order valence-electron chi connectivity index (χ3n) is 2.18. The number of thiocarbonyl (C=S) groups is 1. The molecular weight excluding hydrogens is 248 g/mol. The number of hydrogen-bond acceptors (Lipinski definition) is 4. The van der Waals surface area contributed by atoms with Gasteiger partial charge in [0, 0.05) is 0 Å². The van der Waals surface area contributed by atoms with Gasteiger partial charge in [-0.15, -0.1) is 0 Å². The lowest BCUT2D eigenvalue weighted by Crippen LogP contribution is -2.40. The van der Waals surface area contributed by atoms with Gasteiger partial charge in [0.1, 0.15) is 11.0 Å². The van der Waals surface area contributed by atoms with Gasteiger partial charge in [-0.25, -0.2) is 13.1 Å². The minimum atomic E-state index is -3.56. The second-order valence-electron chi connectivity index (χ2n) is 3.44. The molecule has 0 aromatic carbocycles. The monoisotopic (exact) mass is 262 g/mol. The molecule has 2 unspecified atom stereocenters. The molecule has 7 heteroatoms. The lowest BCUT2D eigenvalue weighted by molar-refractivity contribution is 0.459. The van der Waals surface area contributed by atoms with E-state index in [1.165, 1.54) is 13.2 Å². The maximum atomic E-state index is 11.8. The zero-order valence-corrected chi connectivity index (χ0v) is 10.6. The van der Waals surface area contributed by atoms with E-state index in [0.29, 0.717) is 5.76 Å². The Balaban J connectivity index is 2.78. The molecular formula is C9H14N2O3S2. The molecule has 0 spiro atoms. The summed E-state index contributed by atoms with van der Waals surface area (Å²) in [6, 6.07) is 2.94. The minimum Gasteiger partial charge on any atom is -0.468 e. The lowest BCUT2D eigenvalue weighted by atomic mass is 10.3. The molecule has 0 bridgehead atoms. The largest absolute Gasteiger partial charge is 0.468 e. The molecule has 0 aliphatic heterocycles. The Kier molecular flexibility index (Phi) is 4.06. The van der Waals surface area contributed by atoms with Crippen molar-refractivity contribution in [3.8, 4) is 0 Å². The van der Waals surface area contributed by atoms with Crippen LogP contribution in [0.15, 0.2) is 22.8 Å². The first-order chi connectivity index (χ1) is 7.34. The number of nitrogens with one attached hydrogen (secondary N) is 1. The van der Waals surface area contributed by atoms with Crippen molar-refractivity contribution in [2.75, 3.05) is 0 Å². The van der Waals surface area contributed by atoms with E-state index in [0.717, 1.165) is 0 Å². The highest BCUT2D eigenvalue weighted by molar-refractivity contribution is 7.93. The maximum Gasteiger partial charge on any atom is 0.221 e. The molecule has 0 aliphatic carbocycles. The van der Waals surface area contributed by atoms with Gasteiger partial charge in [0.25, 0.3) is 0 Å². The van der Waals surface area contributed by atoms with Crippen molar-refractivity contribution in [3.63, 3.8) is 0 Å². The standard InChI is InChI=1S/C9H14N2O3S2/c1-6(8-4-3-5-14-8)11-16(12,13)7(2)9(10)15/h3-7,11H,1-2H3,(H2,10,15). The normalized spacial score (nSPS) is 15.6. The van der Waals surface area contributed by atoms with Crippen molar-refractivity contribution in [3.05, 3.63) is 24.2 Å². The highest BCUT2D eigenvalue weighted by Crippen LogP contribution is 2.14. The van der Waals surface area contributed by atoms with Crippen LogP contribution in [0.1, 0.15) is 25.6 Å². The number of furan rings is 1. The Hall–Kier alpha value is -0.920. The van der Waals surface area contributed by atoms with Gasteiger partial charge < -0.3 is 10.2 Å². The van der Waals surface area contributed by atoms with E-state index >= 15 is 0 Å². The molecule has 2 atom stereocenters. The summed E-state index contributed by atoms with van der Waals surface area (Å²) in [4.78, 5) is -0.0563. The van der Waals surface area contributed by atoms with Crippen molar-refractivity contribution in [2.24, 2.45) is 5.73 Å². The molecule has 1 aromatic rings. The Morgan fingerprint density at radius 2 is 2.19 bits per heavy atom. The van der Waals surface area contributed by atoms with Crippen LogP contribution in [0.5, 0.6) is 0 Å². The molecule has 1 aromatic heterocycles. The predicted molar refractivity (Wildman–Crippen MR) is 65.4 cm³/mol. The van der Waals surface area contributed by atoms with E-state index in [1.54, 1.807) is 19.1 Å². The molecule has 5 nitrogen and oxygen atoms in total. The van der Waals surface area contributed by atoms with Crippen LogP contribution < -0.4 is 10.5 Å². The third-order valence-corrected chi connectivity index (χ3v) is 4.55. The smallest absolute Gasteiger partial charge is 0.221 e. The average Bonchev–Trinajstić information content (AvgIpc) is 2.68. The maximum absolute atomic E-state index is 11.8. The summed E-state index contributed by atoms with van der Waals surface area (Å²) < 4.78 is 31.1. The number of rotatable bonds is 5. The number of sulfonamides is 1. The molecule has 0 aliphatic rings. The SMILES string of the molecule is CC(NS(=O)(=O)C(C)C(N)=S)c1ccco1. The zero-order chi connectivity index (χ0) is 12.3. The topological polar surface area (TPSA) is 85.3 Å². The van der Waals surface area contributed by atoms with Crippen molar-refractivity contribution in [1.29, 1.82) is 0 Å². The molecule has 0 saturated heterocycles. The summed E-state index contributed by atoms with van der Waals surface area (Å²) in [6.07, 6.45) is 1.48. The summed E-state index contributed by atoms with van der Waals surface area (Å²) in [5.41, 5.74) is 5.31. The molecule has 1 heterocycles. The summed E-state index contributed by atoms with van der Waals surface area (Å²) >= 11 is 4.65. The van der Waals surface area contributed by atoms with Gasteiger partial charge in [-0.2, -0.15) is 0 Å². The first kappa shape index (κ1) is 13.1. The molecule has 1 rings (SSSR count). The summed E-state index contributed by atoms with van der Waals surface area (Å²) in [5, 5.41) is -0.903. The van der Waals surface area contributed by atoms with Crippen molar-refractivity contribution < 1.29 is 12.8 Å². The van der Waals surface area contributed by atoms with Crippen LogP contribution in [0, 0.1) is 0 Å². The lowest BCUT2D eigenvalue weighted by Gasteiger charge is -2.16. The van der Waals surface area contributed by atoms with Crippen LogP contribution in [-0.4, -0.2) is 18.7 Å². The van der Waals surface area contributed by atoms with E-state index in [2.05, 4.69) is 16.9 Å². The van der Waals surface area contributed by atoms with Crippen LogP contribution in [0.2, 0.25) is 0 Å². The van der Waals surface area contributed by atoms with Crippen molar-refractivity contribution >= 4 is 27.2 Å². The average molecular weight is 262 g/mol. The minimum absolute atomic E-state index is 0.0563. The Labute approximate surface area is 100 Å².